The van der Waals surface area contributed by atoms with Gasteiger partial charge < -0.3 is 15.2 Å². The van der Waals surface area contributed by atoms with E-state index in [1.807, 2.05) is 0 Å². The number of phenolic OH excluding ortho intramolecular Hbond substituents is 1. The van der Waals surface area contributed by atoms with Crippen LogP contribution in [0.15, 0.2) is 36.7 Å². The van der Waals surface area contributed by atoms with Crippen molar-refractivity contribution in [1.82, 2.24) is 14.6 Å². The van der Waals surface area contributed by atoms with Gasteiger partial charge in [-0.2, -0.15) is 5.10 Å². The fourth-order valence-corrected chi connectivity index (χ4v) is 2.20. The molecule has 124 valence electrons. The molecule has 24 heavy (non-hydrogen) atoms. The smallest absolute Gasteiger partial charge is 0.343 e. The number of ether oxygens (including phenoxy) is 1. The summed E-state index contributed by atoms with van der Waals surface area (Å²) in [6, 6.07) is 5.37. The van der Waals surface area contributed by atoms with Crippen molar-refractivity contribution in [3.63, 3.8) is 0 Å². The molecule has 0 atom stereocenters. The van der Waals surface area contributed by atoms with Crippen LogP contribution in [0.1, 0.15) is 22.8 Å². The van der Waals surface area contributed by atoms with Gasteiger partial charge in [-0.05, 0) is 31.2 Å². The van der Waals surface area contributed by atoms with Crippen molar-refractivity contribution in [2.75, 3.05) is 11.9 Å². The second-order valence-corrected chi connectivity index (χ2v) is 4.99. The topological polar surface area (TPSA) is 88.8 Å². The number of halogens is 1. The summed E-state index contributed by atoms with van der Waals surface area (Å²) in [5, 5.41) is 16.7. The third-order valence-electron chi connectivity index (χ3n) is 3.37. The number of fused-ring (bicyclic) bond motifs is 1. The van der Waals surface area contributed by atoms with Gasteiger partial charge in [-0.25, -0.2) is 18.7 Å². The lowest BCUT2D eigenvalue weighted by molar-refractivity contribution is 0.0528. The number of rotatable bonds is 5. The van der Waals surface area contributed by atoms with Gasteiger partial charge in [-0.15, -0.1) is 0 Å². The van der Waals surface area contributed by atoms with Crippen LogP contribution >= 0.6 is 0 Å². The number of hydrogen-bond donors (Lipinski definition) is 2. The SMILES string of the molecule is CCOC(=O)c1cnn2ccc(NCc3cc(F)ccc3O)nc12. The summed E-state index contributed by atoms with van der Waals surface area (Å²) in [4.78, 5) is 16.2. The normalized spacial score (nSPS) is 10.8. The van der Waals surface area contributed by atoms with Crippen molar-refractivity contribution in [2.24, 2.45) is 0 Å². The van der Waals surface area contributed by atoms with Gasteiger partial charge in [0.05, 0.1) is 12.8 Å². The number of benzene rings is 1. The van der Waals surface area contributed by atoms with Gasteiger partial charge in [0.1, 0.15) is 22.9 Å². The predicted octanol–water partition coefficient (Wildman–Crippen LogP) is 2.36. The molecule has 1 aromatic carbocycles. The summed E-state index contributed by atoms with van der Waals surface area (Å²) in [7, 11) is 0. The molecular formula is C16H15FN4O3. The Morgan fingerprint density at radius 2 is 2.25 bits per heavy atom. The lowest BCUT2D eigenvalue weighted by Gasteiger charge is -2.08. The van der Waals surface area contributed by atoms with Crippen LogP contribution in [0.5, 0.6) is 5.75 Å². The summed E-state index contributed by atoms with van der Waals surface area (Å²) in [5.74, 6) is -0.493. The molecule has 2 N–H and O–H groups in total. The van der Waals surface area contributed by atoms with Crippen LogP contribution in [0.2, 0.25) is 0 Å². The van der Waals surface area contributed by atoms with Crippen molar-refractivity contribution in [3.05, 3.63) is 53.6 Å². The Labute approximate surface area is 136 Å². The first kappa shape index (κ1) is 15.7. The molecule has 0 saturated heterocycles. The zero-order chi connectivity index (χ0) is 17.1. The average molecular weight is 330 g/mol. The zero-order valence-corrected chi connectivity index (χ0v) is 12.9. The van der Waals surface area contributed by atoms with Crippen LogP contribution in [-0.4, -0.2) is 32.3 Å². The molecule has 8 heteroatoms. The third-order valence-corrected chi connectivity index (χ3v) is 3.37. The quantitative estimate of drug-likeness (QED) is 0.698. The van der Waals surface area contributed by atoms with Gasteiger partial charge in [-0.3, -0.25) is 0 Å². The molecule has 3 aromatic rings. The van der Waals surface area contributed by atoms with Crippen LogP contribution in [0, 0.1) is 5.82 Å². The molecule has 0 bridgehead atoms. The van der Waals surface area contributed by atoms with E-state index < -0.39 is 11.8 Å². The molecule has 2 aromatic heterocycles. The lowest BCUT2D eigenvalue weighted by atomic mass is 10.2. The van der Waals surface area contributed by atoms with Crippen molar-refractivity contribution in [1.29, 1.82) is 0 Å². The van der Waals surface area contributed by atoms with E-state index in [1.165, 1.54) is 28.9 Å². The Morgan fingerprint density at radius 1 is 1.42 bits per heavy atom. The van der Waals surface area contributed by atoms with Crippen LogP contribution in [0.4, 0.5) is 10.2 Å². The Hall–Kier alpha value is -3.16. The van der Waals surface area contributed by atoms with E-state index in [9.17, 15) is 14.3 Å². The van der Waals surface area contributed by atoms with Crippen LogP contribution in [0.25, 0.3) is 5.65 Å². The van der Waals surface area contributed by atoms with Crippen LogP contribution in [-0.2, 0) is 11.3 Å². The van der Waals surface area contributed by atoms with E-state index in [-0.39, 0.29) is 24.5 Å². The van der Waals surface area contributed by atoms with Crippen molar-refractivity contribution >= 4 is 17.4 Å². The maximum atomic E-state index is 13.2. The van der Waals surface area contributed by atoms with E-state index in [1.54, 1.807) is 19.2 Å². The Bertz CT molecular complexity index is 894. The van der Waals surface area contributed by atoms with E-state index in [2.05, 4.69) is 15.4 Å². The largest absolute Gasteiger partial charge is 0.508 e. The Kier molecular flexibility index (Phi) is 4.28. The molecule has 2 heterocycles. The number of phenols is 1. The maximum absolute atomic E-state index is 13.2. The number of aromatic nitrogens is 3. The highest BCUT2D eigenvalue weighted by atomic mass is 19.1. The summed E-state index contributed by atoms with van der Waals surface area (Å²) < 4.78 is 19.7. The highest BCUT2D eigenvalue weighted by Gasteiger charge is 2.15. The highest BCUT2D eigenvalue weighted by molar-refractivity contribution is 5.95. The summed E-state index contributed by atoms with van der Waals surface area (Å²) in [6.45, 7) is 2.15. The zero-order valence-electron chi connectivity index (χ0n) is 12.9. The maximum Gasteiger partial charge on any atom is 0.343 e. The van der Waals surface area contributed by atoms with Gasteiger partial charge in [0.2, 0.25) is 0 Å². The number of carbonyl (C=O) groups excluding carboxylic acids is 1. The van der Waals surface area contributed by atoms with Gasteiger partial charge in [0.15, 0.2) is 5.65 Å². The fraction of sp³-hybridized carbons (Fsp3) is 0.188. The molecule has 0 aliphatic rings. The lowest BCUT2D eigenvalue weighted by Crippen LogP contribution is -2.07. The van der Waals surface area contributed by atoms with Gasteiger partial charge in [0.25, 0.3) is 0 Å². The molecule has 0 aliphatic heterocycles. The minimum atomic E-state index is -0.500. The first-order chi connectivity index (χ1) is 11.6. The van der Waals surface area contributed by atoms with Gasteiger partial charge in [0, 0.05) is 18.3 Å². The van der Waals surface area contributed by atoms with E-state index in [4.69, 9.17) is 4.74 Å². The molecule has 0 saturated carbocycles. The molecule has 0 amide bonds. The number of esters is 1. The molecule has 7 nitrogen and oxygen atoms in total. The molecule has 0 unspecified atom stereocenters. The standard InChI is InChI=1S/C16H15FN4O3/c1-2-24-16(23)12-9-19-21-6-5-14(20-15(12)21)18-8-10-7-11(17)3-4-13(10)22/h3-7,9,22H,2,8H2,1H3,(H,18,20). The first-order valence-electron chi connectivity index (χ1n) is 7.31. The van der Waals surface area contributed by atoms with Crippen molar-refractivity contribution in [2.45, 2.75) is 13.5 Å². The number of hydrogen-bond acceptors (Lipinski definition) is 6. The summed E-state index contributed by atoms with van der Waals surface area (Å²) >= 11 is 0. The van der Waals surface area contributed by atoms with E-state index >= 15 is 0 Å². The third kappa shape index (κ3) is 3.12. The second-order valence-electron chi connectivity index (χ2n) is 4.99. The first-order valence-corrected chi connectivity index (χ1v) is 7.31. The average Bonchev–Trinajstić information content (AvgIpc) is 2.99. The van der Waals surface area contributed by atoms with Crippen LogP contribution in [0.3, 0.4) is 0 Å². The highest BCUT2D eigenvalue weighted by Crippen LogP contribution is 2.19. The van der Waals surface area contributed by atoms with Crippen molar-refractivity contribution in [3.8, 4) is 5.75 Å². The van der Waals surface area contributed by atoms with E-state index in [0.29, 0.717) is 17.0 Å². The van der Waals surface area contributed by atoms with Crippen molar-refractivity contribution < 1.29 is 19.0 Å². The number of aromatic hydroxyl groups is 1. The van der Waals surface area contributed by atoms with Crippen LogP contribution < -0.4 is 5.32 Å². The summed E-state index contributed by atoms with van der Waals surface area (Å²) in [6.07, 6.45) is 3.03. The number of nitrogens with one attached hydrogen (secondary N) is 1. The molecule has 0 fully saturated rings. The number of carbonyl (C=O) groups is 1. The predicted molar refractivity (Wildman–Crippen MR) is 84.3 cm³/mol. The minimum absolute atomic E-state index is 0.0125. The van der Waals surface area contributed by atoms with Gasteiger partial charge >= 0.3 is 5.97 Å². The molecule has 0 aliphatic carbocycles. The molecule has 3 rings (SSSR count). The fourth-order valence-electron chi connectivity index (χ4n) is 2.20. The number of nitrogens with zero attached hydrogens (tertiary/aromatic N) is 3. The monoisotopic (exact) mass is 330 g/mol. The molecule has 0 spiro atoms. The molecular weight excluding hydrogens is 315 g/mol. The Morgan fingerprint density at radius 3 is 3.04 bits per heavy atom. The van der Waals surface area contributed by atoms with Gasteiger partial charge in [-0.1, -0.05) is 0 Å². The molecule has 0 radical (unpaired) electrons. The van der Waals surface area contributed by atoms with E-state index in [0.717, 1.165) is 0 Å². The minimum Gasteiger partial charge on any atom is -0.508 e. The summed E-state index contributed by atoms with van der Waals surface area (Å²) in [5.41, 5.74) is 1.01. The number of anilines is 1. The Balaban J connectivity index is 1.83. The second kappa shape index (κ2) is 6.53.